The Kier molecular flexibility index (Phi) is 9.67. The summed E-state index contributed by atoms with van der Waals surface area (Å²) < 4.78 is 0.151. The van der Waals surface area contributed by atoms with Gasteiger partial charge in [0.2, 0.25) is 0 Å². The summed E-state index contributed by atoms with van der Waals surface area (Å²) in [5.74, 6) is 0. The maximum atomic E-state index is 2.50. The fourth-order valence-electron chi connectivity index (χ4n) is 3.34. The van der Waals surface area contributed by atoms with Crippen LogP contribution in [-0.4, -0.2) is 8.07 Å². The number of allylic oxidation sites excluding steroid dienone is 4. The molecule has 0 spiro atoms. The molecule has 0 fully saturated rings. The van der Waals surface area contributed by atoms with Gasteiger partial charge in [-0.3, -0.25) is 0 Å². The molecule has 0 bridgehead atoms. The minimum atomic E-state index is -1.67. The molecule has 0 radical (unpaired) electrons. The van der Waals surface area contributed by atoms with Crippen molar-refractivity contribution in [3.8, 4) is 0 Å². The summed E-state index contributed by atoms with van der Waals surface area (Å²) in [7, 11) is -1.67. The van der Waals surface area contributed by atoms with Crippen LogP contribution < -0.4 is 42.4 Å². The first-order valence-electron chi connectivity index (χ1n) is 8.13. The third-order valence-electron chi connectivity index (χ3n) is 4.99. The van der Waals surface area contributed by atoms with Gasteiger partial charge >= 0.3 is 153 Å². The van der Waals surface area contributed by atoms with Gasteiger partial charge in [-0.15, -0.1) is 0 Å². The number of hydrogen-bond acceptors (Lipinski definition) is 0. The molecule has 0 heterocycles. The normalized spacial score (nSPS) is 18.3. The van der Waals surface area contributed by atoms with Gasteiger partial charge < -0.3 is 37.2 Å². The molecule has 0 amide bonds. The molecule has 5 heteroatoms. The van der Waals surface area contributed by atoms with E-state index >= 15 is 0 Å². The Morgan fingerprint density at radius 1 is 0.846 bits per heavy atom. The van der Waals surface area contributed by atoms with Crippen LogP contribution in [-0.2, 0) is 20.4 Å². The van der Waals surface area contributed by atoms with Crippen LogP contribution in [0, 0.1) is 13.8 Å². The molecule has 0 saturated carbocycles. The minimum absolute atomic E-state index is 0. The van der Waals surface area contributed by atoms with Gasteiger partial charge in [-0.05, 0) is 0 Å². The van der Waals surface area contributed by atoms with E-state index in [-0.39, 0.29) is 40.6 Å². The molecule has 0 aliphatic heterocycles. The minimum Gasteiger partial charge on any atom is -1.00 e. The molecular formula is C21H23Cl3SiTi. The first-order chi connectivity index (χ1) is 10.8. The van der Waals surface area contributed by atoms with Crippen molar-refractivity contribution in [2.75, 3.05) is 0 Å². The first-order valence-corrected chi connectivity index (χ1v) is 11.9. The van der Waals surface area contributed by atoms with Gasteiger partial charge in [0.05, 0.1) is 0 Å². The average molecular weight is 458 g/mol. The Bertz CT molecular complexity index is 780. The molecule has 1 aliphatic carbocycles. The monoisotopic (exact) mass is 456 g/mol. The van der Waals surface area contributed by atoms with Crippen molar-refractivity contribution >= 4 is 18.8 Å². The number of halogens is 3. The fraction of sp³-hybridized carbons (Fsp3) is 0.238. The van der Waals surface area contributed by atoms with Crippen molar-refractivity contribution < 1.29 is 57.7 Å². The Morgan fingerprint density at radius 2 is 1.38 bits per heavy atom. The van der Waals surface area contributed by atoms with Gasteiger partial charge in [0.25, 0.3) is 0 Å². The molecule has 2 aromatic carbocycles. The number of benzene rings is 2. The third-order valence-corrected chi connectivity index (χ3v) is 12.5. The van der Waals surface area contributed by atoms with Gasteiger partial charge in [-0.1, -0.05) is 0 Å². The molecule has 0 saturated heterocycles. The third kappa shape index (κ3) is 4.95. The zero-order chi connectivity index (χ0) is 16.7. The van der Waals surface area contributed by atoms with Crippen molar-refractivity contribution in [3.63, 3.8) is 0 Å². The molecule has 1 atom stereocenters. The summed E-state index contributed by atoms with van der Waals surface area (Å²) in [6.45, 7) is 9.41. The van der Waals surface area contributed by atoms with Crippen LogP contribution in [0.25, 0.3) is 5.57 Å². The molecule has 0 nitrogen and oxygen atoms in total. The van der Waals surface area contributed by atoms with E-state index in [1.165, 1.54) is 22.3 Å². The van der Waals surface area contributed by atoms with Crippen LogP contribution in [0.1, 0.15) is 16.7 Å². The van der Waals surface area contributed by atoms with Crippen LogP contribution in [0.5, 0.6) is 0 Å². The maximum absolute atomic E-state index is 2.50. The van der Waals surface area contributed by atoms with E-state index in [2.05, 4.69) is 114 Å². The number of aryl methyl sites for hydroxylation is 2. The SMILES string of the molecule is Cc1cc(C)cc([Si](C)(C)[C]2([Ti+3])C=CC(c3ccccc3)=C2)c1.[Cl-].[Cl-].[Cl-]. The van der Waals surface area contributed by atoms with Crippen molar-refractivity contribution in [2.45, 2.75) is 30.3 Å². The van der Waals surface area contributed by atoms with Crippen LogP contribution in [0.3, 0.4) is 0 Å². The second-order valence-corrected chi connectivity index (χ2v) is 13.9. The molecule has 0 aromatic heterocycles. The zero-order valence-corrected chi connectivity index (χ0v) is 20.3. The van der Waals surface area contributed by atoms with Crippen molar-refractivity contribution in [3.05, 3.63) is 83.4 Å². The summed E-state index contributed by atoms with van der Waals surface area (Å²) in [4.78, 5) is 0. The van der Waals surface area contributed by atoms with E-state index in [1.807, 2.05) is 0 Å². The molecule has 0 N–H and O–H groups in total. The Labute approximate surface area is 189 Å². The molecule has 136 valence electrons. The van der Waals surface area contributed by atoms with Crippen LogP contribution >= 0.6 is 0 Å². The van der Waals surface area contributed by atoms with Crippen molar-refractivity contribution in [1.82, 2.24) is 0 Å². The van der Waals surface area contributed by atoms with E-state index in [1.54, 1.807) is 5.19 Å². The second kappa shape index (κ2) is 9.78. The summed E-state index contributed by atoms with van der Waals surface area (Å²) in [6.07, 6.45) is 7.23. The topological polar surface area (TPSA) is 0 Å². The van der Waals surface area contributed by atoms with Gasteiger partial charge in [0.15, 0.2) is 0 Å². The molecular weight excluding hydrogens is 435 g/mol. The van der Waals surface area contributed by atoms with E-state index in [4.69, 9.17) is 0 Å². The summed E-state index contributed by atoms with van der Waals surface area (Å²) in [5.41, 5.74) is 5.42. The Morgan fingerprint density at radius 3 is 1.92 bits per heavy atom. The predicted octanol–water partition coefficient (Wildman–Crippen LogP) is -3.87. The summed E-state index contributed by atoms with van der Waals surface area (Å²) in [5, 5.41) is 1.55. The Hall–Kier alpha value is -0.279. The van der Waals surface area contributed by atoms with Crippen LogP contribution in [0.2, 0.25) is 16.4 Å². The molecule has 1 aliphatic rings. The van der Waals surface area contributed by atoms with E-state index in [0.717, 1.165) is 0 Å². The first kappa shape index (κ1) is 25.7. The standard InChI is InChI=1S/C21H23Si.3ClH.Ti/c1-16-12-17(2)14-21(13-16)22(3,4)20-11-10-19(15-20)18-8-6-5-7-9-18;;;;/h5-15H,1-4H3;3*1H;/q;;;;+3/p-3. The van der Waals surface area contributed by atoms with Gasteiger partial charge in [-0.25, -0.2) is 0 Å². The van der Waals surface area contributed by atoms with E-state index < -0.39 is 8.07 Å². The second-order valence-electron chi connectivity index (χ2n) is 7.17. The smallest absolute Gasteiger partial charge is 1.00 e. The molecule has 3 rings (SSSR count). The van der Waals surface area contributed by atoms with Crippen molar-refractivity contribution in [2.24, 2.45) is 0 Å². The molecule has 26 heavy (non-hydrogen) atoms. The Balaban J connectivity index is 0.00000208. The van der Waals surface area contributed by atoms with Crippen LogP contribution in [0.15, 0.2) is 66.8 Å². The largest absolute Gasteiger partial charge is 1.00 e. The van der Waals surface area contributed by atoms with Gasteiger partial charge in [0.1, 0.15) is 0 Å². The zero-order valence-electron chi connectivity index (χ0n) is 15.5. The molecule has 2 aromatic rings. The van der Waals surface area contributed by atoms with Gasteiger partial charge in [0, 0.05) is 0 Å². The van der Waals surface area contributed by atoms with Crippen LogP contribution in [0.4, 0.5) is 0 Å². The quantitative estimate of drug-likeness (QED) is 0.414. The number of hydrogen-bond donors (Lipinski definition) is 0. The summed E-state index contributed by atoms with van der Waals surface area (Å²) >= 11 is 2.41. The summed E-state index contributed by atoms with van der Waals surface area (Å²) in [6, 6.07) is 17.8. The van der Waals surface area contributed by atoms with E-state index in [0.29, 0.717) is 0 Å². The van der Waals surface area contributed by atoms with E-state index in [9.17, 15) is 0 Å². The van der Waals surface area contributed by atoms with Gasteiger partial charge in [-0.2, -0.15) is 0 Å². The van der Waals surface area contributed by atoms with Crippen molar-refractivity contribution in [1.29, 1.82) is 0 Å². The fourth-order valence-corrected chi connectivity index (χ4v) is 7.06. The predicted molar refractivity (Wildman–Crippen MR) is 99.3 cm³/mol. The maximum Gasteiger partial charge on any atom is -1.00 e. The molecule has 1 unspecified atom stereocenters. The average Bonchev–Trinajstić information content (AvgIpc) is 2.91. The number of rotatable bonds is 3.